The van der Waals surface area contributed by atoms with Gasteiger partial charge in [-0.3, -0.25) is 20.2 Å². The van der Waals surface area contributed by atoms with Crippen molar-refractivity contribution in [3.8, 4) is 11.6 Å². The van der Waals surface area contributed by atoms with Crippen LogP contribution in [0.25, 0.3) is 11.6 Å². The second-order valence-corrected chi connectivity index (χ2v) is 6.13. The van der Waals surface area contributed by atoms with Crippen LogP contribution in [-0.4, -0.2) is 29.5 Å². The van der Waals surface area contributed by atoms with Crippen molar-refractivity contribution in [2.75, 3.05) is 0 Å². The van der Waals surface area contributed by atoms with Gasteiger partial charge in [-0.25, -0.2) is 0 Å². The van der Waals surface area contributed by atoms with Crippen molar-refractivity contribution in [3.05, 3.63) is 84.7 Å². The molecule has 4 rings (SSSR count). The summed E-state index contributed by atoms with van der Waals surface area (Å²) in [7, 11) is 0. The molecule has 0 N–H and O–H groups in total. The first-order valence-corrected chi connectivity index (χ1v) is 7.94. The monoisotopic (exact) mass is 523 g/mol. The molecule has 0 saturated carbocycles. The predicted octanol–water partition coefficient (Wildman–Crippen LogP) is 2.77. The molecular weight excluding hydrogens is 507 g/mol. The van der Waals surface area contributed by atoms with Gasteiger partial charge in [0.25, 0.3) is 0 Å². The Bertz CT molecular complexity index is 897. The minimum absolute atomic E-state index is 0. The maximum Gasteiger partial charge on any atom is 2.00 e. The fraction of sp³-hybridized carbons (Fsp3) is 0.158. The molecular formula is C19H16N6Pt. The summed E-state index contributed by atoms with van der Waals surface area (Å²) < 4.78 is 3.25. The number of nitrogens with zero attached hydrogens (tertiary/aromatic N) is 6. The molecule has 0 aliphatic heterocycles. The van der Waals surface area contributed by atoms with Crippen molar-refractivity contribution in [1.29, 1.82) is 0 Å². The van der Waals surface area contributed by atoms with Gasteiger partial charge >= 0.3 is 21.1 Å². The van der Waals surface area contributed by atoms with E-state index in [2.05, 4.69) is 36.4 Å². The van der Waals surface area contributed by atoms with Gasteiger partial charge in [0.1, 0.15) is 0 Å². The zero-order chi connectivity index (χ0) is 17.3. The molecule has 0 fully saturated rings. The molecule has 0 radical (unpaired) electrons. The van der Waals surface area contributed by atoms with E-state index in [0.29, 0.717) is 0 Å². The van der Waals surface area contributed by atoms with E-state index in [1.165, 1.54) is 0 Å². The van der Waals surface area contributed by atoms with Crippen molar-refractivity contribution in [3.63, 3.8) is 0 Å². The number of pyridine rings is 2. The fourth-order valence-corrected chi connectivity index (χ4v) is 2.63. The fourth-order valence-electron chi connectivity index (χ4n) is 2.63. The SMILES string of the molecule is CC(C)(c1cccc(-n2[c-]ccn2)n1)c1cccc(-n2[c-]ccn2)n1.[Pt+2]. The summed E-state index contributed by atoms with van der Waals surface area (Å²) in [6.45, 7) is 4.20. The molecule has 26 heavy (non-hydrogen) atoms. The molecule has 0 unspecified atom stereocenters. The molecule has 0 aliphatic carbocycles. The van der Waals surface area contributed by atoms with Crippen LogP contribution in [0.5, 0.6) is 0 Å². The summed E-state index contributed by atoms with van der Waals surface area (Å²) in [5.74, 6) is 1.46. The van der Waals surface area contributed by atoms with Crippen LogP contribution in [0.3, 0.4) is 0 Å². The van der Waals surface area contributed by atoms with Gasteiger partial charge in [-0.1, -0.05) is 49.1 Å². The van der Waals surface area contributed by atoms with E-state index in [-0.39, 0.29) is 26.5 Å². The van der Waals surface area contributed by atoms with E-state index in [1.807, 2.05) is 36.4 Å². The third-order valence-electron chi connectivity index (χ3n) is 4.09. The summed E-state index contributed by atoms with van der Waals surface area (Å²) in [5.41, 5.74) is 1.43. The zero-order valence-electron chi connectivity index (χ0n) is 14.3. The van der Waals surface area contributed by atoms with Crippen molar-refractivity contribution in [2.24, 2.45) is 0 Å². The summed E-state index contributed by atoms with van der Waals surface area (Å²) in [5, 5.41) is 8.40. The number of hydrogen-bond acceptors (Lipinski definition) is 4. The standard InChI is InChI=1S/C19H16N6.Pt/c1-19(2,15-7-3-9-17(22-15)24-13-5-11-20-24)16-8-4-10-18(23-16)25-14-6-12-21-25;/h3-12H,1-2H3;/q-2;+2. The Hall–Kier alpha value is -2.59. The van der Waals surface area contributed by atoms with Gasteiger partial charge in [-0.2, -0.15) is 0 Å². The van der Waals surface area contributed by atoms with Crippen LogP contribution in [-0.2, 0) is 26.5 Å². The van der Waals surface area contributed by atoms with E-state index in [4.69, 9.17) is 9.97 Å². The van der Waals surface area contributed by atoms with Gasteiger partial charge in [0.2, 0.25) is 0 Å². The van der Waals surface area contributed by atoms with Gasteiger partial charge < -0.3 is 9.36 Å². The first-order chi connectivity index (χ1) is 12.1. The summed E-state index contributed by atoms with van der Waals surface area (Å²) in [6, 6.07) is 15.3. The number of rotatable bonds is 4. The Kier molecular flexibility index (Phi) is 5.14. The summed E-state index contributed by atoms with van der Waals surface area (Å²) >= 11 is 0. The minimum Gasteiger partial charge on any atom is -0.344 e. The molecule has 7 heteroatoms. The van der Waals surface area contributed by atoms with Crippen LogP contribution in [0.15, 0.2) is 60.9 Å². The molecule has 0 bridgehead atoms. The first kappa shape index (κ1) is 18.2. The largest absolute Gasteiger partial charge is 2.00 e. The van der Waals surface area contributed by atoms with Crippen molar-refractivity contribution < 1.29 is 21.1 Å². The molecule has 0 saturated heterocycles. The molecule has 4 aromatic rings. The third-order valence-corrected chi connectivity index (χ3v) is 4.09. The van der Waals surface area contributed by atoms with Gasteiger partial charge in [-0.05, 0) is 26.0 Å². The van der Waals surface area contributed by atoms with Crippen molar-refractivity contribution in [2.45, 2.75) is 19.3 Å². The topological polar surface area (TPSA) is 61.4 Å². The van der Waals surface area contributed by atoms with E-state index in [9.17, 15) is 0 Å². The average molecular weight is 523 g/mol. The molecule has 6 nitrogen and oxygen atoms in total. The van der Waals surface area contributed by atoms with Crippen LogP contribution in [0.1, 0.15) is 25.2 Å². The molecule has 0 spiro atoms. The first-order valence-electron chi connectivity index (χ1n) is 7.94. The maximum absolute atomic E-state index is 4.75. The van der Waals surface area contributed by atoms with Gasteiger partial charge in [0.05, 0.1) is 11.6 Å². The molecule has 132 valence electrons. The second-order valence-electron chi connectivity index (χ2n) is 6.13. The smallest absolute Gasteiger partial charge is 0.344 e. The quantitative estimate of drug-likeness (QED) is 0.386. The van der Waals surface area contributed by atoms with E-state index in [1.54, 1.807) is 33.9 Å². The van der Waals surface area contributed by atoms with Crippen LogP contribution in [0, 0.1) is 12.4 Å². The normalized spacial score (nSPS) is 11.2. The Morgan fingerprint density at radius 3 is 1.62 bits per heavy atom. The molecule has 4 heterocycles. The summed E-state index contributed by atoms with van der Waals surface area (Å²) in [6.07, 6.45) is 9.39. The maximum atomic E-state index is 4.75. The molecule has 0 aliphatic rings. The number of aromatic nitrogens is 6. The number of hydrogen-bond donors (Lipinski definition) is 0. The minimum atomic E-state index is -0.383. The van der Waals surface area contributed by atoms with Gasteiger partial charge in [-0.15, -0.1) is 12.1 Å². The Labute approximate surface area is 166 Å². The van der Waals surface area contributed by atoms with Gasteiger partial charge in [0, 0.05) is 16.8 Å². The van der Waals surface area contributed by atoms with Crippen LogP contribution in [0.2, 0.25) is 0 Å². The van der Waals surface area contributed by atoms with E-state index in [0.717, 1.165) is 23.0 Å². The molecule has 4 aromatic heterocycles. The third kappa shape index (κ3) is 3.37. The van der Waals surface area contributed by atoms with E-state index >= 15 is 0 Å². The average Bonchev–Trinajstić information content (AvgIpc) is 3.36. The van der Waals surface area contributed by atoms with Crippen LogP contribution >= 0.6 is 0 Å². The van der Waals surface area contributed by atoms with Gasteiger partial charge in [0.15, 0.2) is 0 Å². The van der Waals surface area contributed by atoms with Crippen LogP contribution < -0.4 is 0 Å². The zero-order valence-corrected chi connectivity index (χ0v) is 16.5. The predicted molar refractivity (Wildman–Crippen MR) is 92.5 cm³/mol. The Balaban J connectivity index is 0.00000196. The van der Waals surface area contributed by atoms with Crippen molar-refractivity contribution >= 4 is 0 Å². The van der Waals surface area contributed by atoms with E-state index < -0.39 is 0 Å². The van der Waals surface area contributed by atoms with Crippen LogP contribution in [0.4, 0.5) is 0 Å². The molecule has 0 atom stereocenters. The Morgan fingerprint density at radius 2 is 1.23 bits per heavy atom. The summed E-state index contributed by atoms with van der Waals surface area (Å²) in [4.78, 5) is 9.51. The Morgan fingerprint density at radius 1 is 0.769 bits per heavy atom. The molecule has 0 amide bonds. The van der Waals surface area contributed by atoms with Crippen molar-refractivity contribution in [1.82, 2.24) is 29.5 Å². The second kappa shape index (κ2) is 7.34. The molecule has 0 aromatic carbocycles.